The van der Waals surface area contributed by atoms with Crippen molar-refractivity contribution in [3.05, 3.63) is 23.8 Å². The van der Waals surface area contributed by atoms with Crippen molar-refractivity contribution < 1.29 is 14.3 Å². The van der Waals surface area contributed by atoms with Crippen LogP contribution in [-0.4, -0.2) is 49.7 Å². The van der Waals surface area contributed by atoms with Gasteiger partial charge in [0.15, 0.2) is 11.5 Å². The predicted octanol–water partition coefficient (Wildman–Crippen LogP) is 3.48. The van der Waals surface area contributed by atoms with Crippen molar-refractivity contribution in [2.24, 2.45) is 0 Å². The Kier molecular flexibility index (Phi) is 7.56. The second-order valence-electron chi connectivity index (χ2n) is 6.95. The Bertz CT molecular complexity index is 552. The molecule has 1 N–H and O–H groups in total. The number of nitrogens with one attached hydrogen (secondary N) is 1. The Hall–Kier alpha value is -1.75. The summed E-state index contributed by atoms with van der Waals surface area (Å²) in [6.07, 6.45) is 4.08. The van der Waals surface area contributed by atoms with Gasteiger partial charge in [-0.2, -0.15) is 0 Å². The van der Waals surface area contributed by atoms with Gasteiger partial charge in [-0.1, -0.05) is 13.3 Å². The first-order chi connectivity index (χ1) is 12.0. The van der Waals surface area contributed by atoms with Crippen molar-refractivity contribution in [1.29, 1.82) is 0 Å². The molecule has 0 unspecified atom stereocenters. The Morgan fingerprint density at radius 1 is 1.28 bits per heavy atom. The van der Waals surface area contributed by atoms with Gasteiger partial charge >= 0.3 is 0 Å². The van der Waals surface area contributed by atoms with E-state index in [1.54, 1.807) is 13.2 Å². The predicted molar refractivity (Wildman–Crippen MR) is 101 cm³/mol. The van der Waals surface area contributed by atoms with Gasteiger partial charge in [-0.15, -0.1) is 0 Å². The van der Waals surface area contributed by atoms with Crippen LogP contribution < -0.4 is 14.8 Å². The van der Waals surface area contributed by atoms with Gasteiger partial charge in [-0.05, 0) is 51.3 Å². The molecule has 1 amide bonds. The minimum atomic E-state index is -0.0404. The fourth-order valence-corrected chi connectivity index (χ4v) is 3.08. The maximum absolute atomic E-state index is 12.5. The number of benzene rings is 1. The van der Waals surface area contributed by atoms with E-state index in [4.69, 9.17) is 9.47 Å². The van der Waals surface area contributed by atoms with Gasteiger partial charge in [0.25, 0.3) is 5.91 Å². The molecular formula is C20H32N2O3. The second-order valence-corrected chi connectivity index (χ2v) is 6.95. The molecular weight excluding hydrogens is 316 g/mol. The van der Waals surface area contributed by atoms with Gasteiger partial charge in [0.05, 0.1) is 13.7 Å². The topological polar surface area (TPSA) is 50.8 Å². The summed E-state index contributed by atoms with van der Waals surface area (Å²) in [4.78, 5) is 15.0. The Morgan fingerprint density at radius 3 is 2.60 bits per heavy atom. The molecule has 1 saturated heterocycles. The van der Waals surface area contributed by atoms with E-state index in [1.165, 1.54) is 0 Å². The zero-order chi connectivity index (χ0) is 18.2. The third-order valence-corrected chi connectivity index (χ3v) is 4.78. The highest BCUT2D eigenvalue weighted by molar-refractivity contribution is 5.95. The number of unbranched alkanes of at least 4 members (excludes halogenated alkanes) is 1. The summed E-state index contributed by atoms with van der Waals surface area (Å²) in [6.45, 7) is 9.30. The highest BCUT2D eigenvalue weighted by atomic mass is 16.5. The average molecular weight is 348 g/mol. The van der Waals surface area contributed by atoms with Crippen LogP contribution in [0.15, 0.2) is 18.2 Å². The molecule has 1 heterocycles. The van der Waals surface area contributed by atoms with Gasteiger partial charge in [0.1, 0.15) is 0 Å². The van der Waals surface area contributed by atoms with E-state index in [2.05, 4.69) is 31.0 Å². The van der Waals surface area contributed by atoms with E-state index >= 15 is 0 Å². The Labute approximate surface area is 151 Å². The molecule has 0 aliphatic carbocycles. The van der Waals surface area contributed by atoms with Crippen LogP contribution in [0.3, 0.4) is 0 Å². The van der Waals surface area contributed by atoms with Crippen LogP contribution in [0, 0.1) is 0 Å². The number of hydrogen-bond donors (Lipinski definition) is 1. The van der Waals surface area contributed by atoms with Crippen LogP contribution in [0.2, 0.25) is 0 Å². The quantitative estimate of drug-likeness (QED) is 0.731. The largest absolute Gasteiger partial charge is 0.493 e. The number of methoxy groups -OCH3 is 1. The monoisotopic (exact) mass is 348 g/mol. The van der Waals surface area contributed by atoms with E-state index in [0.29, 0.717) is 29.7 Å². The minimum Gasteiger partial charge on any atom is -0.493 e. The van der Waals surface area contributed by atoms with Crippen molar-refractivity contribution in [2.45, 2.75) is 58.5 Å². The fraction of sp³-hybridized carbons (Fsp3) is 0.650. The third-order valence-electron chi connectivity index (χ3n) is 4.78. The molecule has 0 aromatic heterocycles. The molecule has 2 rings (SSSR count). The number of piperidine rings is 1. The molecule has 1 aliphatic rings. The van der Waals surface area contributed by atoms with Crippen LogP contribution in [0.25, 0.3) is 0 Å². The van der Waals surface area contributed by atoms with Crippen molar-refractivity contribution in [2.75, 3.05) is 26.8 Å². The summed E-state index contributed by atoms with van der Waals surface area (Å²) in [5, 5.41) is 3.16. The number of likely N-dealkylation sites (tertiary alicyclic amines) is 1. The average Bonchev–Trinajstić information content (AvgIpc) is 2.62. The zero-order valence-electron chi connectivity index (χ0n) is 16.0. The number of amides is 1. The van der Waals surface area contributed by atoms with Gasteiger partial charge in [-0.25, -0.2) is 0 Å². The molecule has 1 aliphatic heterocycles. The molecule has 1 aromatic carbocycles. The van der Waals surface area contributed by atoms with E-state index < -0.39 is 0 Å². The van der Waals surface area contributed by atoms with Gasteiger partial charge in [-0.3, -0.25) is 4.79 Å². The molecule has 5 nitrogen and oxygen atoms in total. The fourth-order valence-electron chi connectivity index (χ4n) is 3.08. The number of ether oxygens (including phenoxy) is 2. The van der Waals surface area contributed by atoms with Crippen LogP contribution in [0.1, 0.15) is 56.8 Å². The minimum absolute atomic E-state index is 0.0404. The summed E-state index contributed by atoms with van der Waals surface area (Å²) < 4.78 is 11.1. The third kappa shape index (κ3) is 5.63. The summed E-state index contributed by atoms with van der Waals surface area (Å²) in [5.74, 6) is 1.26. The second kappa shape index (κ2) is 9.66. The molecule has 0 atom stereocenters. The smallest absolute Gasteiger partial charge is 0.251 e. The number of carbonyl (C=O) groups is 1. The SMILES string of the molecule is CCCCOc1ccc(C(=O)NC2CCN(C(C)C)CC2)cc1OC. The molecule has 25 heavy (non-hydrogen) atoms. The summed E-state index contributed by atoms with van der Waals surface area (Å²) in [5.41, 5.74) is 0.617. The maximum Gasteiger partial charge on any atom is 0.251 e. The van der Waals surface area contributed by atoms with E-state index in [-0.39, 0.29) is 11.9 Å². The lowest BCUT2D eigenvalue weighted by molar-refractivity contribution is 0.0900. The normalized spacial score (nSPS) is 16.0. The lowest BCUT2D eigenvalue weighted by Crippen LogP contribution is -2.46. The van der Waals surface area contributed by atoms with Crippen LogP contribution in [-0.2, 0) is 0 Å². The molecule has 0 bridgehead atoms. The van der Waals surface area contributed by atoms with Crippen molar-refractivity contribution in [3.63, 3.8) is 0 Å². The molecule has 0 spiro atoms. The summed E-state index contributed by atoms with van der Waals surface area (Å²) in [7, 11) is 1.60. The molecule has 5 heteroatoms. The molecule has 0 saturated carbocycles. The van der Waals surface area contributed by atoms with Crippen molar-refractivity contribution in [1.82, 2.24) is 10.2 Å². The van der Waals surface area contributed by atoms with Gasteiger partial charge in [0, 0.05) is 30.7 Å². The van der Waals surface area contributed by atoms with Crippen LogP contribution in [0.4, 0.5) is 0 Å². The first-order valence-electron chi connectivity index (χ1n) is 9.40. The molecule has 0 radical (unpaired) electrons. The molecule has 1 fully saturated rings. The molecule has 140 valence electrons. The first kappa shape index (κ1) is 19.6. The summed E-state index contributed by atoms with van der Waals surface area (Å²) in [6, 6.07) is 6.21. The Balaban J connectivity index is 1.93. The highest BCUT2D eigenvalue weighted by Gasteiger charge is 2.22. The Morgan fingerprint density at radius 2 is 2.00 bits per heavy atom. The van der Waals surface area contributed by atoms with E-state index in [1.807, 2.05) is 12.1 Å². The van der Waals surface area contributed by atoms with Crippen LogP contribution in [0.5, 0.6) is 11.5 Å². The van der Waals surface area contributed by atoms with Crippen molar-refractivity contribution in [3.8, 4) is 11.5 Å². The number of nitrogens with zero attached hydrogens (tertiary/aromatic N) is 1. The lowest BCUT2D eigenvalue weighted by atomic mass is 10.0. The number of hydrogen-bond acceptors (Lipinski definition) is 4. The first-order valence-corrected chi connectivity index (χ1v) is 9.40. The van der Waals surface area contributed by atoms with Gasteiger partial charge in [0.2, 0.25) is 0 Å². The highest BCUT2D eigenvalue weighted by Crippen LogP contribution is 2.28. The standard InChI is InChI=1S/C20H32N2O3/c1-5-6-13-25-18-8-7-16(14-19(18)24-4)20(23)21-17-9-11-22(12-10-17)15(2)3/h7-8,14-15,17H,5-6,9-13H2,1-4H3,(H,21,23). The summed E-state index contributed by atoms with van der Waals surface area (Å²) >= 11 is 0. The van der Waals surface area contributed by atoms with E-state index in [0.717, 1.165) is 38.8 Å². The van der Waals surface area contributed by atoms with Crippen molar-refractivity contribution >= 4 is 5.91 Å². The maximum atomic E-state index is 12.5. The molecule has 1 aromatic rings. The van der Waals surface area contributed by atoms with Crippen LogP contribution >= 0.6 is 0 Å². The van der Waals surface area contributed by atoms with E-state index in [9.17, 15) is 4.79 Å². The number of carbonyl (C=O) groups excluding carboxylic acids is 1. The van der Waals surface area contributed by atoms with Gasteiger partial charge < -0.3 is 19.7 Å². The lowest BCUT2D eigenvalue weighted by Gasteiger charge is -2.34. The number of rotatable bonds is 8. The zero-order valence-corrected chi connectivity index (χ0v) is 16.0.